The molecule has 27 heavy (non-hydrogen) atoms. The van der Waals surface area contributed by atoms with E-state index in [9.17, 15) is 9.18 Å². The molecule has 1 saturated heterocycles. The molecule has 1 saturated carbocycles. The van der Waals surface area contributed by atoms with Gasteiger partial charge in [-0.3, -0.25) is 9.78 Å². The highest BCUT2D eigenvalue weighted by Gasteiger charge is 2.33. The molecule has 0 unspecified atom stereocenters. The van der Waals surface area contributed by atoms with Crippen molar-refractivity contribution < 1.29 is 9.18 Å². The van der Waals surface area contributed by atoms with E-state index in [1.54, 1.807) is 6.07 Å². The maximum atomic E-state index is 13.4. The van der Waals surface area contributed by atoms with Crippen molar-refractivity contribution in [2.24, 2.45) is 5.92 Å². The molecule has 0 spiro atoms. The van der Waals surface area contributed by atoms with Crippen LogP contribution in [-0.2, 0) is 4.79 Å². The molecule has 142 valence electrons. The van der Waals surface area contributed by atoms with Gasteiger partial charge in [-0.2, -0.15) is 0 Å². The van der Waals surface area contributed by atoms with Crippen molar-refractivity contribution in [2.75, 3.05) is 18.4 Å². The molecule has 1 atom stereocenters. The molecule has 4 nitrogen and oxygen atoms in total. The number of anilines is 2. The maximum Gasteiger partial charge on any atom is 0.225 e. The monoisotopic (exact) mass is 367 g/mol. The molecule has 1 aromatic carbocycles. The number of benzene rings is 1. The highest BCUT2D eigenvalue weighted by molar-refractivity contribution is 5.79. The molecule has 1 aliphatic heterocycles. The number of likely N-dealkylation sites (tertiary alicyclic amines) is 1. The predicted molar refractivity (Wildman–Crippen MR) is 105 cm³/mol. The highest BCUT2D eigenvalue weighted by atomic mass is 19.1. The Kier molecular flexibility index (Phi) is 5.10. The SMILES string of the molecule is Cc1cc(Nc2cccc(F)c2)cc([C@H]2CCN(C(=O)C3CCCC3)C2)n1. The van der Waals surface area contributed by atoms with Gasteiger partial charge in [-0.25, -0.2) is 4.39 Å². The summed E-state index contributed by atoms with van der Waals surface area (Å²) in [5.41, 5.74) is 3.56. The lowest BCUT2D eigenvalue weighted by atomic mass is 10.0. The second kappa shape index (κ2) is 7.67. The third-order valence-corrected chi connectivity index (χ3v) is 5.71. The first kappa shape index (κ1) is 18.0. The minimum Gasteiger partial charge on any atom is -0.355 e. The number of amides is 1. The lowest BCUT2D eigenvalue weighted by Crippen LogP contribution is -2.33. The van der Waals surface area contributed by atoms with Crippen LogP contribution in [0.2, 0.25) is 0 Å². The zero-order valence-corrected chi connectivity index (χ0v) is 15.7. The third-order valence-electron chi connectivity index (χ3n) is 5.71. The van der Waals surface area contributed by atoms with Crippen LogP contribution in [0, 0.1) is 18.7 Å². The summed E-state index contributed by atoms with van der Waals surface area (Å²) < 4.78 is 13.4. The standard InChI is InChI=1S/C22H26FN3O/c1-15-11-20(25-19-8-4-7-18(23)12-19)13-21(24-15)17-9-10-26(14-17)22(27)16-5-2-3-6-16/h4,7-8,11-13,16-17H,2-3,5-6,9-10,14H2,1H3,(H,24,25)/t17-/m0/s1. The second-order valence-electron chi connectivity index (χ2n) is 7.81. The lowest BCUT2D eigenvalue weighted by molar-refractivity contribution is -0.134. The van der Waals surface area contributed by atoms with Gasteiger partial charge < -0.3 is 10.2 Å². The van der Waals surface area contributed by atoms with Gasteiger partial charge in [-0.15, -0.1) is 0 Å². The van der Waals surface area contributed by atoms with Crippen molar-refractivity contribution in [1.82, 2.24) is 9.88 Å². The Labute approximate surface area is 159 Å². The smallest absolute Gasteiger partial charge is 0.225 e. The number of nitrogens with zero attached hydrogens (tertiary/aromatic N) is 2. The molecule has 5 heteroatoms. The molecule has 1 amide bonds. The Morgan fingerprint density at radius 2 is 1.96 bits per heavy atom. The fourth-order valence-corrected chi connectivity index (χ4v) is 4.34. The minimum absolute atomic E-state index is 0.236. The fraction of sp³-hybridized carbons (Fsp3) is 0.455. The molecule has 2 aliphatic rings. The van der Waals surface area contributed by atoms with Gasteiger partial charge in [-0.05, 0) is 56.5 Å². The van der Waals surface area contributed by atoms with Crippen LogP contribution in [0.1, 0.15) is 49.4 Å². The van der Waals surface area contributed by atoms with Gasteiger partial charge in [0, 0.05) is 47.7 Å². The second-order valence-corrected chi connectivity index (χ2v) is 7.81. The quantitative estimate of drug-likeness (QED) is 0.846. The summed E-state index contributed by atoms with van der Waals surface area (Å²) >= 11 is 0. The number of aryl methyl sites for hydroxylation is 1. The summed E-state index contributed by atoms with van der Waals surface area (Å²) in [7, 11) is 0. The van der Waals surface area contributed by atoms with E-state index in [1.807, 2.05) is 30.0 Å². The van der Waals surface area contributed by atoms with Gasteiger partial charge in [-0.1, -0.05) is 18.9 Å². The Morgan fingerprint density at radius 3 is 2.74 bits per heavy atom. The third kappa shape index (κ3) is 4.12. The first-order valence-corrected chi connectivity index (χ1v) is 9.88. The van der Waals surface area contributed by atoms with E-state index in [-0.39, 0.29) is 17.7 Å². The summed E-state index contributed by atoms with van der Waals surface area (Å²) in [5, 5.41) is 3.27. The van der Waals surface area contributed by atoms with Crippen molar-refractivity contribution in [3.8, 4) is 0 Å². The Bertz CT molecular complexity index is 832. The number of aromatic nitrogens is 1. The normalized spacial score (nSPS) is 20.2. The molecule has 2 heterocycles. The average molecular weight is 367 g/mol. The van der Waals surface area contributed by atoms with E-state index in [0.717, 1.165) is 55.1 Å². The zero-order chi connectivity index (χ0) is 18.8. The zero-order valence-electron chi connectivity index (χ0n) is 15.7. The van der Waals surface area contributed by atoms with Crippen molar-refractivity contribution in [3.63, 3.8) is 0 Å². The van der Waals surface area contributed by atoms with Gasteiger partial charge in [0.2, 0.25) is 5.91 Å². The van der Waals surface area contributed by atoms with Crippen LogP contribution < -0.4 is 5.32 Å². The number of pyridine rings is 1. The molecule has 1 aromatic heterocycles. The predicted octanol–water partition coefficient (Wildman–Crippen LogP) is 4.78. The van der Waals surface area contributed by atoms with Crippen LogP contribution in [0.5, 0.6) is 0 Å². The molecule has 2 aromatic rings. The number of carbonyl (C=O) groups excluding carboxylic acids is 1. The average Bonchev–Trinajstić information content (AvgIpc) is 3.33. The van der Waals surface area contributed by atoms with Gasteiger partial charge in [0.1, 0.15) is 5.82 Å². The number of rotatable bonds is 4. The van der Waals surface area contributed by atoms with Crippen molar-refractivity contribution in [3.05, 3.63) is 53.6 Å². The van der Waals surface area contributed by atoms with E-state index in [0.29, 0.717) is 5.91 Å². The van der Waals surface area contributed by atoms with Gasteiger partial charge in [0.05, 0.1) is 0 Å². The van der Waals surface area contributed by atoms with Gasteiger partial charge in [0.15, 0.2) is 0 Å². The summed E-state index contributed by atoms with van der Waals surface area (Å²) in [6, 6.07) is 10.4. The summed E-state index contributed by atoms with van der Waals surface area (Å²) in [6.07, 6.45) is 5.41. The van der Waals surface area contributed by atoms with Crippen LogP contribution in [0.15, 0.2) is 36.4 Å². The first-order valence-electron chi connectivity index (χ1n) is 9.88. The van der Waals surface area contributed by atoms with Crippen LogP contribution in [-0.4, -0.2) is 28.9 Å². The highest BCUT2D eigenvalue weighted by Crippen LogP contribution is 2.33. The molecular formula is C22H26FN3O. The summed E-state index contributed by atoms with van der Waals surface area (Å²) in [6.45, 7) is 3.55. The van der Waals surface area contributed by atoms with E-state index in [1.165, 1.54) is 25.0 Å². The largest absolute Gasteiger partial charge is 0.355 e. The Morgan fingerprint density at radius 1 is 1.15 bits per heavy atom. The van der Waals surface area contributed by atoms with Gasteiger partial charge in [0.25, 0.3) is 0 Å². The Balaban J connectivity index is 1.47. The fourth-order valence-electron chi connectivity index (χ4n) is 4.34. The number of hydrogen-bond donors (Lipinski definition) is 1. The van der Waals surface area contributed by atoms with Crippen molar-refractivity contribution >= 4 is 17.3 Å². The minimum atomic E-state index is -0.261. The van der Waals surface area contributed by atoms with Crippen LogP contribution in [0.4, 0.5) is 15.8 Å². The van der Waals surface area contributed by atoms with Crippen molar-refractivity contribution in [2.45, 2.75) is 44.9 Å². The first-order chi connectivity index (χ1) is 13.1. The van der Waals surface area contributed by atoms with Crippen LogP contribution in [0.25, 0.3) is 0 Å². The van der Waals surface area contributed by atoms with E-state index < -0.39 is 0 Å². The number of halogens is 1. The number of hydrogen-bond acceptors (Lipinski definition) is 3. The van der Waals surface area contributed by atoms with E-state index in [2.05, 4.69) is 5.32 Å². The number of nitrogens with one attached hydrogen (secondary N) is 1. The topological polar surface area (TPSA) is 45.2 Å². The molecule has 2 fully saturated rings. The maximum absolute atomic E-state index is 13.4. The molecule has 0 bridgehead atoms. The summed E-state index contributed by atoms with van der Waals surface area (Å²) in [5.74, 6) is 0.575. The molecule has 0 radical (unpaired) electrons. The summed E-state index contributed by atoms with van der Waals surface area (Å²) in [4.78, 5) is 19.4. The molecule has 1 aliphatic carbocycles. The number of carbonyl (C=O) groups is 1. The lowest BCUT2D eigenvalue weighted by Gasteiger charge is -2.20. The van der Waals surface area contributed by atoms with E-state index >= 15 is 0 Å². The molecule has 4 rings (SSSR count). The molecule has 1 N–H and O–H groups in total. The van der Waals surface area contributed by atoms with Crippen LogP contribution >= 0.6 is 0 Å². The Hall–Kier alpha value is -2.43. The van der Waals surface area contributed by atoms with Crippen LogP contribution in [0.3, 0.4) is 0 Å². The van der Waals surface area contributed by atoms with Gasteiger partial charge >= 0.3 is 0 Å². The van der Waals surface area contributed by atoms with E-state index in [4.69, 9.17) is 4.98 Å². The molecular weight excluding hydrogens is 341 g/mol. The van der Waals surface area contributed by atoms with Crippen molar-refractivity contribution in [1.29, 1.82) is 0 Å².